The minimum Gasteiger partial charge on any atom is -0.358 e. The second-order valence-corrected chi connectivity index (χ2v) is 7.52. The molecule has 138 valence electrons. The van der Waals surface area contributed by atoms with Gasteiger partial charge in [-0.15, -0.1) is 0 Å². The monoisotopic (exact) mass is 372 g/mol. The summed E-state index contributed by atoms with van der Waals surface area (Å²) in [5, 5.41) is 4.89. The van der Waals surface area contributed by atoms with Crippen LogP contribution in [0.5, 0.6) is 0 Å². The molecule has 1 aliphatic heterocycles. The highest BCUT2D eigenvalue weighted by Gasteiger charge is 2.29. The van der Waals surface area contributed by atoms with Crippen LogP contribution in [-0.4, -0.2) is 75.8 Å². The molecule has 2 rings (SSSR count). The molecular formula is C15H21FN4O4S. The van der Waals surface area contributed by atoms with E-state index >= 15 is 0 Å². The maximum Gasteiger partial charge on any atom is 0.243 e. The molecule has 1 saturated heterocycles. The van der Waals surface area contributed by atoms with Gasteiger partial charge >= 0.3 is 0 Å². The van der Waals surface area contributed by atoms with Gasteiger partial charge in [0.2, 0.25) is 21.8 Å². The van der Waals surface area contributed by atoms with E-state index in [0.29, 0.717) is 13.1 Å². The van der Waals surface area contributed by atoms with E-state index in [2.05, 4.69) is 10.6 Å². The number of amides is 2. The lowest BCUT2D eigenvalue weighted by molar-refractivity contribution is -0.126. The zero-order chi connectivity index (χ0) is 18.4. The molecule has 1 aromatic carbocycles. The summed E-state index contributed by atoms with van der Waals surface area (Å²) < 4.78 is 39.3. The molecule has 0 bridgehead atoms. The van der Waals surface area contributed by atoms with Crippen molar-refractivity contribution < 1.29 is 22.4 Å². The molecule has 0 radical (unpaired) electrons. The predicted octanol–water partition coefficient (Wildman–Crippen LogP) is -1.01. The van der Waals surface area contributed by atoms with Crippen molar-refractivity contribution in [2.24, 2.45) is 0 Å². The molecule has 1 heterocycles. The number of carbonyl (C=O) groups excluding carboxylic acids is 2. The van der Waals surface area contributed by atoms with E-state index in [9.17, 15) is 22.4 Å². The normalized spacial score (nSPS) is 16.4. The summed E-state index contributed by atoms with van der Waals surface area (Å²) >= 11 is 0. The Morgan fingerprint density at radius 1 is 1.08 bits per heavy atom. The molecule has 1 fully saturated rings. The summed E-state index contributed by atoms with van der Waals surface area (Å²) in [6, 6.07) is 4.70. The highest BCUT2D eigenvalue weighted by molar-refractivity contribution is 7.89. The summed E-state index contributed by atoms with van der Waals surface area (Å²) in [7, 11) is -2.19. The Balaban J connectivity index is 1.85. The topological polar surface area (TPSA) is 98.8 Å². The lowest BCUT2D eigenvalue weighted by Gasteiger charge is -2.33. The number of likely N-dealkylation sites (N-methyl/N-ethyl adjacent to an activating group) is 1. The van der Waals surface area contributed by atoms with E-state index in [4.69, 9.17) is 0 Å². The molecule has 0 aliphatic carbocycles. The SMILES string of the molecule is CNC(=O)CNC(=O)CN1CCN(S(=O)(=O)c2ccc(F)cc2)CC1. The van der Waals surface area contributed by atoms with Crippen molar-refractivity contribution in [1.29, 1.82) is 0 Å². The van der Waals surface area contributed by atoms with Gasteiger partial charge in [0.05, 0.1) is 18.0 Å². The highest BCUT2D eigenvalue weighted by Crippen LogP contribution is 2.17. The average molecular weight is 372 g/mol. The van der Waals surface area contributed by atoms with Gasteiger partial charge in [-0.25, -0.2) is 12.8 Å². The molecule has 1 aliphatic rings. The van der Waals surface area contributed by atoms with Crippen molar-refractivity contribution >= 4 is 21.8 Å². The Morgan fingerprint density at radius 2 is 1.68 bits per heavy atom. The molecule has 2 N–H and O–H groups in total. The molecule has 2 amide bonds. The molecule has 0 atom stereocenters. The van der Waals surface area contributed by atoms with Gasteiger partial charge in [-0.3, -0.25) is 14.5 Å². The first-order valence-corrected chi connectivity index (χ1v) is 9.22. The standard InChI is InChI=1S/C15H21FN4O4S/c1-17-14(21)10-18-15(22)11-19-6-8-20(9-7-19)25(23,24)13-4-2-12(16)3-5-13/h2-5H,6-11H2,1H3,(H,17,21)(H,18,22). The van der Waals surface area contributed by atoms with E-state index in [1.54, 1.807) is 0 Å². The van der Waals surface area contributed by atoms with Gasteiger partial charge in [0.25, 0.3) is 0 Å². The van der Waals surface area contributed by atoms with Crippen LogP contribution in [0, 0.1) is 5.82 Å². The number of halogens is 1. The van der Waals surface area contributed by atoms with Gasteiger partial charge in [0.15, 0.2) is 0 Å². The maximum atomic E-state index is 12.9. The molecular weight excluding hydrogens is 351 g/mol. The zero-order valence-electron chi connectivity index (χ0n) is 13.9. The van der Waals surface area contributed by atoms with Crippen LogP contribution >= 0.6 is 0 Å². The molecule has 0 saturated carbocycles. The van der Waals surface area contributed by atoms with E-state index < -0.39 is 15.8 Å². The van der Waals surface area contributed by atoms with E-state index in [0.717, 1.165) is 12.1 Å². The summed E-state index contributed by atoms with van der Waals surface area (Å²) in [5.74, 6) is -1.08. The van der Waals surface area contributed by atoms with Crippen LogP contribution in [0.15, 0.2) is 29.2 Å². The third kappa shape index (κ3) is 5.21. The summed E-state index contributed by atoms with van der Waals surface area (Å²) in [4.78, 5) is 24.7. The van der Waals surface area contributed by atoms with Crippen LogP contribution in [-0.2, 0) is 19.6 Å². The van der Waals surface area contributed by atoms with Crippen molar-refractivity contribution in [3.63, 3.8) is 0 Å². The van der Waals surface area contributed by atoms with Crippen LogP contribution in [0.1, 0.15) is 0 Å². The quantitative estimate of drug-likeness (QED) is 0.667. The van der Waals surface area contributed by atoms with Gasteiger partial charge in [-0.2, -0.15) is 4.31 Å². The highest BCUT2D eigenvalue weighted by atomic mass is 32.2. The average Bonchev–Trinajstić information content (AvgIpc) is 2.60. The maximum absolute atomic E-state index is 12.9. The Bertz CT molecular complexity index is 716. The molecule has 25 heavy (non-hydrogen) atoms. The minimum atomic E-state index is -3.67. The molecule has 8 nitrogen and oxygen atoms in total. The van der Waals surface area contributed by atoms with Gasteiger partial charge < -0.3 is 10.6 Å². The number of hydrogen-bond donors (Lipinski definition) is 2. The lowest BCUT2D eigenvalue weighted by atomic mass is 10.3. The van der Waals surface area contributed by atoms with Crippen LogP contribution in [0.25, 0.3) is 0 Å². The third-order valence-electron chi connectivity index (χ3n) is 3.87. The van der Waals surface area contributed by atoms with Gasteiger partial charge in [-0.05, 0) is 24.3 Å². The molecule has 0 spiro atoms. The smallest absolute Gasteiger partial charge is 0.243 e. The first-order valence-electron chi connectivity index (χ1n) is 7.78. The Morgan fingerprint density at radius 3 is 2.24 bits per heavy atom. The summed E-state index contributed by atoms with van der Waals surface area (Å²) in [5.41, 5.74) is 0. The van der Waals surface area contributed by atoms with Crippen molar-refractivity contribution in [3.05, 3.63) is 30.1 Å². The second-order valence-electron chi connectivity index (χ2n) is 5.58. The number of piperazine rings is 1. The lowest BCUT2D eigenvalue weighted by Crippen LogP contribution is -2.51. The zero-order valence-corrected chi connectivity index (χ0v) is 14.7. The number of rotatable bonds is 6. The Kier molecular flexibility index (Phi) is 6.45. The third-order valence-corrected chi connectivity index (χ3v) is 5.79. The fraction of sp³-hybridized carbons (Fsp3) is 0.467. The Labute approximate surface area is 146 Å². The fourth-order valence-electron chi connectivity index (χ4n) is 2.41. The first-order chi connectivity index (χ1) is 11.8. The van der Waals surface area contributed by atoms with Crippen molar-refractivity contribution in [2.75, 3.05) is 46.3 Å². The molecule has 1 aromatic rings. The fourth-order valence-corrected chi connectivity index (χ4v) is 3.83. The molecule has 0 unspecified atom stereocenters. The van der Waals surface area contributed by atoms with E-state index in [1.807, 2.05) is 4.90 Å². The van der Waals surface area contributed by atoms with Crippen LogP contribution in [0.2, 0.25) is 0 Å². The Hall–Kier alpha value is -2.04. The van der Waals surface area contributed by atoms with Crippen LogP contribution < -0.4 is 10.6 Å². The number of nitrogens with zero attached hydrogens (tertiary/aromatic N) is 2. The summed E-state index contributed by atoms with van der Waals surface area (Å²) in [6.07, 6.45) is 0. The van der Waals surface area contributed by atoms with E-state index in [-0.39, 0.29) is 42.9 Å². The number of nitrogens with one attached hydrogen (secondary N) is 2. The van der Waals surface area contributed by atoms with Crippen molar-refractivity contribution in [2.45, 2.75) is 4.90 Å². The van der Waals surface area contributed by atoms with Crippen LogP contribution in [0.4, 0.5) is 4.39 Å². The second kappa shape index (κ2) is 8.37. The number of sulfonamides is 1. The van der Waals surface area contributed by atoms with Gasteiger partial charge in [0, 0.05) is 33.2 Å². The number of benzene rings is 1. The first kappa shape index (κ1) is 19.3. The molecule has 0 aromatic heterocycles. The van der Waals surface area contributed by atoms with E-state index in [1.165, 1.54) is 23.5 Å². The molecule has 10 heteroatoms. The van der Waals surface area contributed by atoms with Gasteiger partial charge in [0.1, 0.15) is 5.82 Å². The largest absolute Gasteiger partial charge is 0.358 e. The number of hydrogen-bond acceptors (Lipinski definition) is 5. The van der Waals surface area contributed by atoms with Crippen molar-refractivity contribution in [3.8, 4) is 0 Å². The summed E-state index contributed by atoms with van der Waals surface area (Å²) in [6.45, 7) is 1.28. The predicted molar refractivity (Wildman–Crippen MR) is 88.7 cm³/mol. The van der Waals surface area contributed by atoms with Crippen LogP contribution in [0.3, 0.4) is 0 Å². The van der Waals surface area contributed by atoms with Crippen molar-refractivity contribution in [1.82, 2.24) is 19.8 Å². The number of carbonyl (C=O) groups is 2. The van der Waals surface area contributed by atoms with Gasteiger partial charge in [-0.1, -0.05) is 0 Å². The minimum absolute atomic E-state index is 0.0469.